The van der Waals surface area contributed by atoms with Crippen molar-refractivity contribution in [2.45, 2.75) is 32.9 Å². The minimum absolute atomic E-state index is 0. The van der Waals surface area contributed by atoms with E-state index in [-0.39, 0.29) is 18.4 Å². The minimum atomic E-state index is -0.458. The van der Waals surface area contributed by atoms with Crippen LogP contribution in [0.25, 0.3) is 6.08 Å². The van der Waals surface area contributed by atoms with Gasteiger partial charge in [-0.2, -0.15) is 0 Å². The average molecular weight is 270 g/mol. The number of halogens is 1. The highest BCUT2D eigenvalue weighted by Gasteiger charge is 2.13. The zero-order chi connectivity index (χ0) is 12.9. The molecule has 0 amide bonds. The fourth-order valence-corrected chi connectivity index (χ4v) is 1.32. The number of carbonyl (C=O) groups excluding carboxylic acids is 1. The van der Waals surface area contributed by atoms with Crippen LogP contribution < -0.4 is 5.73 Å². The Morgan fingerprint density at radius 2 is 2.06 bits per heavy atom. The summed E-state index contributed by atoms with van der Waals surface area (Å²) in [5.74, 6) is -0.337. The maximum atomic E-state index is 11.5. The van der Waals surface area contributed by atoms with E-state index < -0.39 is 5.60 Å². The summed E-state index contributed by atoms with van der Waals surface area (Å²) in [6, 6.07) is 7.72. The Morgan fingerprint density at radius 1 is 1.39 bits per heavy atom. The number of ether oxygens (including phenoxy) is 1. The van der Waals surface area contributed by atoms with E-state index >= 15 is 0 Å². The predicted molar refractivity (Wildman–Crippen MR) is 76.5 cm³/mol. The first-order valence-electron chi connectivity index (χ1n) is 5.61. The summed E-state index contributed by atoms with van der Waals surface area (Å²) in [5, 5.41) is 0. The first kappa shape index (κ1) is 16.7. The summed E-state index contributed by atoms with van der Waals surface area (Å²) in [6.07, 6.45) is 3.16. The molecule has 0 aromatic heterocycles. The molecule has 3 nitrogen and oxygen atoms in total. The van der Waals surface area contributed by atoms with Crippen molar-refractivity contribution in [2.75, 3.05) is 0 Å². The van der Waals surface area contributed by atoms with Gasteiger partial charge in [0.05, 0.1) is 0 Å². The van der Waals surface area contributed by atoms with Gasteiger partial charge < -0.3 is 10.5 Å². The Hall–Kier alpha value is -1.32. The minimum Gasteiger partial charge on any atom is -0.457 e. The molecular formula is C14H20ClNO2. The molecule has 4 heteroatoms. The summed E-state index contributed by atoms with van der Waals surface area (Å²) in [5.41, 5.74) is 7.07. The molecule has 2 N–H and O–H groups in total. The lowest BCUT2D eigenvalue weighted by Gasteiger charge is -2.17. The molecular weight excluding hydrogens is 250 g/mol. The van der Waals surface area contributed by atoms with Crippen molar-refractivity contribution >= 4 is 24.5 Å². The van der Waals surface area contributed by atoms with Crippen LogP contribution in [0.1, 0.15) is 31.9 Å². The molecule has 0 atom stereocenters. The first-order valence-corrected chi connectivity index (χ1v) is 5.61. The van der Waals surface area contributed by atoms with Crippen molar-refractivity contribution in [3.8, 4) is 0 Å². The molecule has 0 spiro atoms. The Labute approximate surface area is 114 Å². The number of benzene rings is 1. The van der Waals surface area contributed by atoms with Crippen LogP contribution in [0.3, 0.4) is 0 Å². The standard InChI is InChI=1S/C14H19NO2.ClH/c1-14(2,3)17-13(16)8-7-11-5-4-6-12(9-11)10-15;/h4-9H,10,15H2,1-3H3;1H. The third-order valence-corrected chi connectivity index (χ3v) is 2.01. The van der Waals surface area contributed by atoms with Crippen LogP contribution in [0.5, 0.6) is 0 Å². The molecule has 1 aromatic carbocycles. The summed E-state index contributed by atoms with van der Waals surface area (Å²) >= 11 is 0. The van der Waals surface area contributed by atoms with E-state index in [1.807, 2.05) is 45.0 Å². The lowest BCUT2D eigenvalue weighted by atomic mass is 10.1. The van der Waals surface area contributed by atoms with Crippen LogP contribution in [0.4, 0.5) is 0 Å². The lowest BCUT2D eigenvalue weighted by molar-refractivity contribution is -0.148. The highest BCUT2D eigenvalue weighted by molar-refractivity contribution is 5.87. The number of carbonyl (C=O) groups is 1. The summed E-state index contributed by atoms with van der Waals surface area (Å²) in [6.45, 7) is 6.02. The number of hydrogen-bond acceptors (Lipinski definition) is 3. The molecule has 1 rings (SSSR count). The molecule has 0 fully saturated rings. The van der Waals surface area contributed by atoms with Crippen molar-refractivity contribution < 1.29 is 9.53 Å². The van der Waals surface area contributed by atoms with Crippen molar-refractivity contribution in [1.82, 2.24) is 0 Å². The quantitative estimate of drug-likeness (QED) is 0.678. The monoisotopic (exact) mass is 269 g/mol. The second kappa shape index (κ2) is 7.19. The van der Waals surface area contributed by atoms with Crippen LogP contribution in [0.2, 0.25) is 0 Å². The Kier molecular flexibility index (Phi) is 6.66. The van der Waals surface area contributed by atoms with Gasteiger partial charge in [0.15, 0.2) is 0 Å². The van der Waals surface area contributed by atoms with Gasteiger partial charge >= 0.3 is 5.97 Å². The van der Waals surface area contributed by atoms with Crippen molar-refractivity contribution in [2.24, 2.45) is 5.73 Å². The lowest BCUT2D eigenvalue weighted by Crippen LogP contribution is -2.22. The molecule has 18 heavy (non-hydrogen) atoms. The molecule has 0 aliphatic heterocycles. The number of rotatable bonds is 3. The maximum absolute atomic E-state index is 11.5. The molecule has 0 radical (unpaired) electrons. The summed E-state index contributed by atoms with van der Waals surface area (Å²) in [4.78, 5) is 11.5. The van der Waals surface area contributed by atoms with Gasteiger partial charge in [0.2, 0.25) is 0 Å². The van der Waals surface area contributed by atoms with Crippen LogP contribution in [0, 0.1) is 0 Å². The molecule has 0 aliphatic rings. The second-order valence-corrected chi connectivity index (χ2v) is 4.82. The van der Waals surface area contributed by atoms with Gasteiger partial charge in [-0.15, -0.1) is 12.4 Å². The van der Waals surface area contributed by atoms with Gasteiger partial charge in [-0.3, -0.25) is 0 Å². The SMILES string of the molecule is CC(C)(C)OC(=O)C=Cc1cccc(CN)c1.Cl. The number of esters is 1. The third kappa shape index (κ3) is 6.42. The van der Waals surface area contributed by atoms with Gasteiger partial charge in [0, 0.05) is 12.6 Å². The smallest absolute Gasteiger partial charge is 0.331 e. The zero-order valence-corrected chi connectivity index (χ0v) is 11.8. The molecule has 0 saturated heterocycles. The average Bonchev–Trinajstić information content (AvgIpc) is 2.24. The van der Waals surface area contributed by atoms with Gasteiger partial charge in [-0.05, 0) is 38.0 Å². The zero-order valence-electron chi connectivity index (χ0n) is 11.0. The van der Waals surface area contributed by atoms with E-state index in [1.165, 1.54) is 6.08 Å². The number of hydrogen-bond donors (Lipinski definition) is 1. The molecule has 1 aromatic rings. The Balaban J connectivity index is 0.00000289. The Morgan fingerprint density at radius 3 is 2.61 bits per heavy atom. The second-order valence-electron chi connectivity index (χ2n) is 4.82. The van der Waals surface area contributed by atoms with E-state index in [0.717, 1.165) is 11.1 Å². The third-order valence-electron chi connectivity index (χ3n) is 2.01. The normalized spacial score (nSPS) is 11.1. The molecule has 0 unspecified atom stereocenters. The van der Waals surface area contributed by atoms with E-state index in [1.54, 1.807) is 6.08 Å². The fraction of sp³-hybridized carbons (Fsp3) is 0.357. The maximum Gasteiger partial charge on any atom is 0.331 e. The molecule has 0 heterocycles. The molecule has 0 saturated carbocycles. The number of nitrogens with two attached hydrogens (primary N) is 1. The van der Waals surface area contributed by atoms with Gasteiger partial charge in [-0.25, -0.2) is 4.79 Å². The van der Waals surface area contributed by atoms with Gasteiger partial charge in [0.1, 0.15) is 5.60 Å². The summed E-state index contributed by atoms with van der Waals surface area (Å²) < 4.78 is 5.17. The van der Waals surface area contributed by atoms with Crippen molar-refractivity contribution in [1.29, 1.82) is 0 Å². The van der Waals surface area contributed by atoms with E-state index in [2.05, 4.69) is 0 Å². The molecule has 100 valence electrons. The summed E-state index contributed by atoms with van der Waals surface area (Å²) in [7, 11) is 0. The van der Waals surface area contributed by atoms with Crippen LogP contribution in [0.15, 0.2) is 30.3 Å². The van der Waals surface area contributed by atoms with E-state index in [0.29, 0.717) is 6.54 Å². The molecule has 0 bridgehead atoms. The Bertz CT molecular complexity index is 422. The highest BCUT2D eigenvalue weighted by atomic mass is 35.5. The fourth-order valence-electron chi connectivity index (χ4n) is 1.32. The largest absolute Gasteiger partial charge is 0.457 e. The topological polar surface area (TPSA) is 52.3 Å². The van der Waals surface area contributed by atoms with Crippen molar-refractivity contribution in [3.63, 3.8) is 0 Å². The van der Waals surface area contributed by atoms with E-state index in [4.69, 9.17) is 10.5 Å². The van der Waals surface area contributed by atoms with Gasteiger partial charge in [0.25, 0.3) is 0 Å². The molecule has 0 aliphatic carbocycles. The van der Waals surface area contributed by atoms with Crippen LogP contribution >= 0.6 is 12.4 Å². The first-order chi connectivity index (χ1) is 7.90. The van der Waals surface area contributed by atoms with E-state index in [9.17, 15) is 4.79 Å². The van der Waals surface area contributed by atoms with Crippen LogP contribution in [-0.2, 0) is 16.1 Å². The van der Waals surface area contributed by atoms with Crippen LogP contribution in [-0.4, -0.2) is 11.6 Å². The van der Waals surface area contributed by atoms with Crippen molar-refractivity contribution in [3.05, 3.63) is 41.5 Å². The highest BCUT2D eigenvalue weighted by Crippen LogP contribution is 2.09. The predicted octanol–water partition coefficient (Wildman–Crippen LogP) is 2.92. The van der Waals surface area contributed by atoms with Gasteiger partial charge in [-0.1, -0.05) is 24.3 Å².